The smallest absolute Gasteiger partial charge is 0.227 e. The van der Waals surface area contributed by atoms with Gasteiger partial charge in [0.05, 0.1) is 6.92 Å². The molecule has 1 aliphatic rings. The second-order valence-electron chi connectivity index (χ2n) is 2.74. The summed E-state index contributed by atoms with van der Waals surface area (Å²) in [5.41, 5.74) is 4.81. The van der Waals surface area contributed by atoms with E-state index < -0.39 is 11.4 Å². The maximum atomic E-state index is 10.5. The molecule has 2 N–H and O–H groups in total. The molecule has 1 unspecified atom stereocenters. The Morgan fingerprint density at radius 3 is 2.50 bits per heavy atom. The lowest BCUT2D eigenvalue weighted by molar-refractivity contribution is -0.125. The summed E-state index contributed by atoms with van der Waals surface area (Å²) < 4.78 is 0. The average molecular weight is 138 g/mol. The maximum absolute atomic E-state index is 10.5. The van der Waals surface area contributed by atoms with Gasteiger partial charge in [0, 0.05) is 18.6 Å². The molecule has 0 aromatic rings. The summed E-state index contributed by atoms with van der Waals surface area (Å²) in [5.74, 6) is -0.447. The summed E-state index contributed by atoms with van der Waals surface area (Å²) >= 11 is 0. The Morgan fingerprint density at radius 2 is 2.30 bits per heavy atom. The molecule has 0 bridgehead atoms. The van der Waals surface area contributed by atoms with Crippen molar-refractivity contribution in [3.63, 3.8) is 0 Å². The van der Waals surface area contributed by atoms with Gasteiger partial charge >= 0.3 is 0 Å². The molecule has 1 saturated heterocycles. The lowest BCUT2D eigenvalue weighted by Gasteiger charge is -2.17. The van der Waals surface area contributed by atoms with Crippen LogP contribution in [-0.2, 0) is 4.79 Å². The van der Waals surface area contributed by atoms with Crippen molar-refractivity contribution in [3.8, 4) is 0 Å². The summed E-state index contributed by atoms with van der Waals surface area (Å²) in [5, 5.41) is 0. The third-order valence-corrected chi connectivity index (χ3v) is 1.64. The monoisotopic (exact) mass is 138 g/mol. The molecule has 0 saturated carbocycles. The fourth-order valence-electron chi connectivity index (χ4n) is 1.04. The fourth-order valence-corrected chi connectivity index (χ4v) is 1.04. The van der Waals surface area contributed by atoms with Crippen molar-refractivity contribution in [1.29, 1.82) is 0 Å². The molecule has 10 heavy (non-hydrogen) atoms. The van der Waals surface area contributed by atoms with Crippen LogP contribution in [0.4, 0.5) is 0 Å². The van der Waals surface area contributed by atoms with Crippen molar-refractivity contribution >= 4 is 5.91 Å². The molecule has 0 aliphatic carbocycles. The van der Waals surface area contributed by atoms with Crippen LogP contribution in [0.25, 0.3) is 0 Å². The van der Waals surface area contributed by atoms with Gasteiger partial charge in [-0.15, -0.1) is 0 Å². The van der Waals surface area contributed by atoms with Gasteiger partial charge < -0.3 is 10.6 Å². The number of nitrogens with two attached hydrogens (primary N) is 1. The number of likely N-dealkylation sites (tertiary alicyclic amines) is 1. The van der Waals surface area contributed by atoms with E-state index in [1.165, 1.54) is 4.90 Å². The molecule has 3 heteroatoms. The van der Waals surface area contributed by atoms with Gasteiger partial charge in [-0.3, -0.25) is 4.79 Å². The van der Waals surface area contributed by atoms with Gasteiger partial charge in [0.1, 0.15) is 0 Å². The summed E-state index contributed by atoms with van der Waals surface area (Å²) in [6.07, 6.45) is 0.621. The van der Waals surface area contributed by atoms with Crippen LogP contribution in [0.3, 0.4) is 0 Å². The number of hydrogen-bond donors (Lipinski definition) is 1. The van der Waals surface area contributed by atoms with Gasteiger partial charge in [0.15, 0.2) is 0 Å². The zero-order chi connectivity index (χ0) is 7.78. The first-order valence-corrected chi connectivity index (χ1v) is 3.13. The van der Waals surface area contributed by atoms with E-state index in [1.807, 2.05) is 0 Å². The van der Waals surface area contributed by atoms with Crippen LogP contribution in [0, 0.1) is 13.8 Å². The van der Waals surface area contributed by atoms with Crippen LogP contribution in [0.2, 0.25) is 0 Å². The topological polar surface area (TPSA) is 46.3 Å². The molecule has 1 aliphatic heterocycles. The van der Waals surface area contributed by atoms with Gasteiger partial charge in [0.25, 0.3) is 0 Å². The minimum atomic E-state index is -0.727. The first-order valence-electron chi connectivity index (χ1n) is 3.13. The largest absolute Gasteiger partial charge is 0.340 e. The molecule has 1 amide bonds. The van der Waals surface area contributed by atoms with Crippen LogP contribution < -0.4 is 5.73 Å². The quantitative estimate of drug-likeness (QED) is 0.483. The summed E-state index contributed by atoms with van der Waals surface area (Å²) in [4.78, 5) is 12.0. The highest BCUT2D eigenvalue weighted by Gasteiger charge is 2.31. The number of carbonyl (C=O) groups is 1. The SMILES string of the molecule is [CH]C(=O)N1CCC([CH])(N)C1. The lowest BCUT2D eigenvalue weighted by atomic mass is 10.0. The van der Waals surface area contributed by atoms with Gasteiger partial charge in [-0.1, -0.05) is 0 Å². The Morgan fingerprint density at radius 1 is 1.70 bits per heavy atom. The Balaban J connectivity index is 2.51. The van der Waals surface area contributed by atoms with E-state index in [2.05, 4.69) is 0 Å². The van der Waals surface area contributed by atoms with Crippen molar-refractivity contribution < 1.29 is 4.79 Å². The molecule has 0 spiro atoms. The molecule has 1 heterocycles. The number of amides is 1. The summed E-state index contributed by atoms with van der Waals surface area (Å²) in [6, 6.07) is 0. The predicted molar refractivity (Wildman–Crippen MR) is 36.7 cm³/mol. The maximum Gasteiger partial charge on any atom is 0.227 e. The third kappa shape index (κ3) is 1.48. The second kappa shape index (κ2) is 2.23. The molecule has 1 fully saturated rings. The van der Waals surface area contributed by atoms with E-state index in [0.717, 1.165) is 0 Å². The molecule has 1 atom stereocenters. The molecule has 0 aromatic carbocycles. The molecular formula is C7H10N2O. The first kappa shape index (κ1) is 7.54. The predicted octanol–water partition coefficient (Wildman–Crippen LogP) is -0.662. The van der Waals surface area contributed by atoms with Crippen LogP contribution in [-0.4, -0.2) is 29.4 Å². The summed E-state index contributed by atoms with van der Waals surface area (Å²) in [6.45, 7) is 11.5. The highest BCUT2D eigenvalue weighted by molar-refractivity contribution is 5.80. The Bertz CT molecular complexity index is 154. The molecular weight excluding hydrogens is 128 g/mol. The van der Waals surface area contributed by atoms with Crippen molar-refractivity contribution in [1.82, 2.24) is 4.90 Å². The average Bonchev–Trinajstić information content (AvgIpc) is 2.10. The number of nitrogens with zero attached hydrogens (tertiary/aromatic N) is 1. The van der Waals surface area contributed by atoms with Gasteiger partial charge in [0.2, 0.25) is 5.91 Å². The third-order valence-electron chi connectivity index (χ3n) is 1.64. The van der Waals surface area contributed by atoms with Gasteiger partial charge in [-0.05, 0) is 13.3 Å². The molecule has 54 valence electrons. The minimum Gasteiger partial charge on any atom is -0.340 e. The molecule has 3 nitrogen and oxygen atoms in total. The normalized spacial score (nSPS) is 32.9. The molecule has 1 rings (SSSR count). The number of carbonyl (C=O) groups excluding carboxylic acids is 1. The van der Waals surface area contributed by atoms with Crippen LogP contribution in [0.15, 0.2) is 0 Å². The number of rotatable bonds is 0. The lowest BCUT2D eigenvalue weighted by Crippen LogP contribution is -2.40. The fraction of sp³-hybridized carbons (Fsp3) is 0.571. The van der Waals surface area contributed by atoms with E-state index in [-0.39, 0.29) is 0 Å². The first-order chi connectivity index (χ1) is 4.51. The van der Waals surface area contributed by atoms with Gasteiger partial charge in [-0.2, -0.15) is 0 Å². The van der Waals surface area contributed by atoms with E-state index in [9.17, 15) is 4.79 Å². The highest BCUT2D eigenvalue weighted by atomic mass is 16.2. The number of hydrogen-bond acceptors (Lipinski definition) is 2. The van der Waals surface area contributed by atoms with E-state index in [4.69, 9.17) is 19.6 Å². The van der Waals surface area contributed by atoms with E-state index in [1.54, 1.807) is 0 Å². The Labute approximate surface area is 61.2 Å². The van der Waals surface area contributed by atoms with Crippen molar-refractivity contribution in [3.05, 3.63) is 13.8 Å². The van der Waals surface area contributed by atoms with Gasteiger partial charge in [-0.25, -0.2) is 0 Å². The van der Waals surface area contributed by atoms with Crippen molar-refractivity contribution in [2.45, 2.75) is 12.0 Å². The van der Waals surface area contributed by atoms with E-state index >= 15 is 0 Å². The Hall–Kier alpha value is -0.570. The van der Waals surface area contributed by atoms with E-state index in [0.29, 0.717) is 19.5 Å². The van der Waals surface area contributed by atoms with Crippen LogP contribution in [0.5, 0.6) is 0 Å². The molecule has 0 aromatic heterocycles. The zero-order valence-electron chi connectivity index (χ0n) is 5.71. The van der Waals surface area contributed by atoms with Crippen molar-refractivity contribution in [2.24, 2.45) is 5.73 Å². The standard InChI is InChI=1S/C7H10N2O/c1-6(10)9-4-3-7(2,8)5-9/h1-2H,3-5,8H2. The zero-order valence-corrected chi connectivity index (χ0v) is 5.71. The van der Waals surface area contributed by atoms with Crippen LogP contribution in [0.1, 0.15) is 6.42 Å². The highest BCUT2D eigenvalue weighted by Crippen LogP contribution is 2.16. The van der Waals surface area contributed by atoms with Crippen molar-refractivity contribution in [2.75, 3.05) is 13.1 Å². The Kier molecular flexibility index (Phi) is 1.68. The summed E-state index contributed by atoms with van der Waals surface area (Å²) in [7, 11) is 0. The molecule has 4 radical (unpaired) electrons. The van der Waals surface area contributed by atoms with Crippen LogP contribution >= 0.6 is 0 Å². The minimum absolute atomic E-state index is 0.363. The second-order valence-corrected chi connectivity index (χ2v) is 2.74.